The summed E-state index contributed by atoms with van der Waals surface area (Å²) >= 11 is 0. The standard InChI is InChI=1S/C23H20FNO3/c24-17-12-6-4-10-15(17)20-19-21(26)16-11-5-7-13-18(16)28-22(19)23(27)25(20)14-8-2-1-3-9-14/h4-7,10-14,20H,1-3,8-9H2/t20-/m1/s1. The molecule has 1 aromatic heterocycles. The highest BCUT2D eigenvalue weighted by molar-refractivity contribution is 5.99. The summed E-state index contributed by atoms with van der Waals surface area (Å²) in [5.74, 6) is -0.665. The van der Waals surface area contributed by atoms with Crippen molar-refractivity contribution >= 4 is 16.9 Å². The van der Waals surface area contributed by atoms with Crippen molar-refractivity contribution in [3.8, 4) is 0 Å². The first-order chi connectivity index (χ1) is 13.7. The summed E-state index contributed by atoms with van der Waals surface area (Å²) in [5.41, 5.74) is 0.747. The first-order valence-electron chi connectivity index (χ1n) is 9.79. The number of nitrogens with zero attached hydrogens (tertiary/aromatic N) is 1. The van der Waals surface area contributed by atoms with Crippen LogP contribution in [0.1, 0.15) is 59.8 Å². The summed E-state index contributed by atoms with van der Waals surface area (Å²) in [4.78, 5) is 28.4. The van der Waals surface area contributed by atoms with Gasteiger partial charge in [0.1, 0.15) is 11.4 Å². The molecule has 4 nitrogen and oxygen atoms in total. The molecule has 2 heterocycles. The zero-order valence-corrected chi connectivity index (χ0v) is 15.4. The summed E-state index contributed by atoms with van der Waals surface area (Å²) in [6, 6.07) is 12.5. The van der Waals surface area contributed by atoms with Gasteiger partial charge in [0.2, 0.25) is 5.76 Å². The number of rotatable bonds is 2. The largest absolute Gasteiger partial charge is 0.450 e. The van der Waals surface area contributed by atoms with Crippen LogP contribution in [0.5, 0.6) is 0 Å². The van der Waals surface area contributed by atoms with Crippen LogP contribution < -0.4 is 5.43 Å². The van der Waals surface area contributed by atoms with Crippen molar-refractivity contribution in [3.63, 3.8) is 0 Å². The molecular formula is C23H20FNO3. The molecule has 2 aromatic carbocycles. The molecule has 1 atom stereocenters. The lowest BCUT2D eigenvalue weighted by molar-refractivity contribution is 0.0589. The lowest BCUT2D eigenvalue weighted by Crippen LogP contribution is -2.40. The topological polar surface area (TPSA) is 50.5 Å². The van der Waals surface area contributed by atoms with Crippen LogP contribution in [-0.4, -0.2) is 16.8 Å². The summed E-state index contributed by atoms with van der Waals surface area (Å²) in [6.07, 6.45) is 4.91. The molecule has 142 valence electrons. The number of carbonyl (C=O) groups excluding carboxylic acids is 1. The Kier molecular flexibility index (Phi) is 4.04. The number of benzene rings is 2. The quantitative estimate of drug-likeness (QED) is 0.644. The molecule has 5 rings (SSSR count). The Labute approximate surface area is 161 Å². The fourth-order valence-electron chi connectivity index (χ4n) is 4.68. The first-order valence-corrected chi connectivity index (χ1v) is 9.79. The van der Waals surface area contributed by atoms with Crippen molar-refractivity contribution in [2.24, 2.45) is 0 Å². The summed E-state index contributed by atoms with van der Waals surface area (Å²) in [7, 11) is 0. The minimum Gasteiger partial charge on any atom is -0.450 e. The molecule has 5 heteroatoms. The van der Waals surface area contributed by atoms with Crippen LogP contribution in [0.3, 0.4) is 0 Å². The minimum atomic E-state index is -0.743. The van der Waals surface area contributed by atoms with Crippen LogP contribution in [0.15, 0.2) is 57.7 Å². The van der Waals surface area contributed by atoms with Gasteiger partial charge in [-0.15, -0.1) is 0 Å². The third kappa shape index (κ3) is 2.49. The third-order valence-corrected chi connectivity index (χ3v) is 5.98. The highest BCUT2D eigenvalue weighted by atomic mass is 19.1. The van der Waals surface area contributed by atoms with Gasteiger partial charge in [-0.05, 0) is 31.0 Å². The maximum atomic E-state index is 14.8. The van der Waals surface area contributed by atoms with Crippen molar-refractivity contribution in [1.82, 2.24) is 4.90 Å². The van der Waals surface area contributed by atoms with Gasteiger partial charge in [0.05, 0.1) is 17.0 Å². The van der Waals surface area contributed by atoms with E-state index in [1.54, 1.807) is 47.4 Å². The Morgan fingerprint density at radius 1 is 0.929 bits per heavy atom. The Morgan fingerprint density at radius 3 is 2.43 bits per heavy atom. The molecule has 1 saturated carbocycles. The lowest BCUT2D eigenvalue weighted by atomic mass is 9.91. The third-order valence-electron chi connectivity index (χ3n) is 5.98. The van der Waals surface area contributed by atoms with E-state index in [-0.39, 0.29) is 28.7 Å². The number of amides is 1. The Balaban J connectivity index is 1.78. The number of hydrogen-bond acceptors (Lipinski definition) is 3. The number of para-hydroxylation sites is 1. The van der Waals surface area contributed by atoms with E-state index >= 15 is 0 Å². The summed E-state index contributed by atoms with van der Waals surface area (Å²) < 4.78 is 20.7. The average molecular weight is 377 g/mol. The number of hydrogen-bond donors (Lipinski definition) is 0. The monoisotopic (exact) mass is 377 g/mol. The predicted octanol–water partition coefficient (Wildman–Crippen LogP) is 4.81. The van der Waals surface area contributed by atoms with Crippen LogP contribution in [0, 0.1) is 5.82 Å². The number of carbonyl (C=O) groups is 1. The molecule has 0 radical (unpaired) electrons. The average Bonchev–Trinajstić information content (AvgIpc) is 3.02. The van der Waals surface area contributed by atoms with E-state index in [4.69, 9.17) is 4.42 Å². The zero-order chi connectivity index (χ0) is 19.3. The molecule has 1 aliphatic carbocycles. The molecular weight excluding hydrogens is 357 g/mol. The maximum Gasteiger partial charge on any atom is 0.291 e. The van der Waals surface area contributed by atoms with E-state index < -0.39 is 11.9 Å². The fraction of sp³-hybridized carbons (Fsp3) is 0.304. The van der Waals surface area contributed by atoms with Crippen molar-refractivity contribution in [1.29, 1.82) is 0 Å². The van der Waals surface area contributed by atoms with Crippen LogP contribution in [-0.2, 0) is 0 Å². The maximum absolute atomic E-state index is 14.8. The molecule has 0 bridgehead atoms. The molecule has 1 fully saturated rings. The second-order valence-electron chi connectivity index (χ2n) is 7.60. The summed E-state index contributed by atoms with van der Waals surface area (Å²) in [6.45, 7) is 0. The van der Waals surface area contributed by atoms with Gasteiger partial charge in [-0.2, -0.15) is 0 Å². The van der Waals surface area contributed by atoms with Gasteiger partial charge in [-0.3, -0.25) is 9.59 Å². The van der Waals surface area contributed by atoms with Crippen LogP contribution >= 0.6 is 0 Å². The minimum absolute atomic E-state index is 0.0176. The van der Waals surface area contributed by atoms with E-state index in [9.17, 15) is 14.0 Å². The predicted molar refractivity (Wildman–Crippen MR) is 104 cm³/mol. The number of fused-ring (bicyclic) bond motifs is 2. The molecule has 1 aliphatic heterocycles. The van der Waals surface area contributed by atoms with Gasteiger partial charge in [-0.1, -0.05) is 49.6 Å². The van der Waals surface area contributed by atoms with Gasteiger partial charge in [0.15, 0.2) is 5.43 Å². The zero-order valence-electron chi connectivity index (χ0n) is 15.4. The van der Waals surface area contributed by atoms with Crippen LogP contribution in [0.2, 0.25) is 0 Å². The molecule has 0 saturated heterocycles. The molecule has 0 spiro atoms. The van der Waals surface area contributed by atoms with E-state index in [0.717, 1.165) is 32.1 Å². The molecule has 1 amide bonds. The second kappa shape index (κ2) is 6.59. The van der Waals surface area contributed by atoms with E-state index in [1.165, 1.54) is 6.07 Å². The Bertz CT molecular complexity index is 1130. The van der Waals surface area contributed by atoms with E-state index in [1.807, 2.05) is 0 Å². The fourth-order valence-corrected chi connectivity index (χ4v) is 4.68. The summed E-state index contributed by atoms with van der Waals surface area (Å²) in [5, 5.41) is 0.417. The molecule has 28 heavy (non-hydrogen) atoms. The molecule has 0 N–H and O–H groups in total. The van der Waals surface area contributed by atoms with Crippen molar-refractivity contribution < 1.29 is 13.6 Å². The van der Waals surface area contributed by atoms with Gasteiger partial charge in [-0.25, -0.2) is 4.39 Å². The van der Waals surface area contributed by atoms with E-state index in [2.05, 4.69) is 0 Å². The van der Waals surface area contributed by atoms with Gasteiger partial charge in [0.25, 0.3) is 5.91 Å². The molecule has 0 unspecified atom stereocenters. The molecule has 3 aromatic rings. The van der Waals surface area contributed by atoms with Gasteiger partial charge >= 0.3 is 0 Å². The SMILES string of the molecule is O=C1c2oc3ccccc3c(=O)c2[C@@H](c2ccccc2F)N1C1CCCCC1. The van der Waals surface area contributed by atoms with Crippen molar-refractivity contribution in [2.75, 3.05) is 0 Å². The highest BCUT2D eigenvalue weighted by Gasteiger charge is 2.46. The smallest absolute Gasteiger partial charge is 0.291 e. The molecule has 2 aliphatic rings. The van der Waals surface area contributed by atoms with Gasteiger partial charge in [0, 0.05) is 11.6 Å². The normalized spacial score (nSPS) is 20.0. The number of halogens is 1. The van der Waals surface area contributed by atoms with Crippen molar-refractivity contribution in [3.05, 3.63) is 81.5 Å². The van der Waals surface area contributed by atoms with Crippen LogP contribution in [0.4, 0.5) is 4.39 Å². The van der Waals surface area contributed by atoms with Gasteiger partial charge < -0.3 is 9.32 Å². The first kappa shape index (κ1) is 17.2. The second-order valence-corrected chi connectivity index (χ2v) is 7.60. The Morgan fingerprint density at radius 2 is 1.64 bits per heavy atom. The Hall–Kier alpha value is -2.95. The van der Waals surface area contributed by atoms with E-state index in [0.29, 0.717) is 16.5 Å². The van der Waals surface area contributed by atoms with Crippen molar-refractivity contribution in [2.45, 2.75) is 44.2 Å². The lowest BCUT2D eigenvalue weighted by Gasteiger charge is -2.35. The van der Waals surface area contributed by atoms with Crippen LogP contribution in [0.25, 0.3) is 11.0 Å². The highest BCUT2D eigenvalue weighted by Crippen LogP contribution is 2.42.